The highest BCUT2D eigenvalue weighted by Crippen LogP contribution is 2.23. The van der Waals surface area contributed by atoms with Crippen LogP contribution in [0.3, 0.4) is 0 Å². The largest absolute Gasteiger partial charge is 0.491 e. The molecule has 0 saturated carbocycles. The summed E-state index contributed by atoms with van der Waals surface area (Å²) in [6.45, 7) is 0.906. The van der Waals surface area contributed by atoms with Gasteiger partial charge in [0.2, 0.25) is 5.91 Å². The lowest BCUT2D eigenvalue weighted by Gasteiger charge is -2.23. The molecule has 0 atom stereocenters. The van der Waals surface area contributed by atoms with Gasteiger partial charge in [-0.1, -0.05) is 11.6 Å². The Bertz CT molecular complexity index is 1210. The van der Waals surface area contributed by atoms with Crippen LogP contribution in [0, 0.1) is 0 Å². The molecule has 0 spiro atoms. The first-order valence-electron chi connectivity index (χ1n) is 10.6. The Morgan fingerprint density at radius 2 is 1.97 bits per heavy atom. The zero-order chi connectivity index (χ0) is 23.4. The van der Waals surface area contributed by atoms with E-state index < -0.39 is 0 Å². The number of fused-ring (bicyclic) bond motifs is 2. The molecule has 0 radical (unpaired) electrons. The van der Waals surface area contributed by atoms with Gasteiger partial charge in [0, 0.05) is 30.7 Å². The number of hydrogen-bond donors (Lipinski definition) is 2. The molecule has 33 heavy (non-hydrogen) atoms. The smallest absolute Gasteiger partial charge is 0.255 e. The predicted octanol–water partition coefficient (Wildman–Crippen LogP) is 2.00. The van der Waals surface area contributed by atoms with E-state index in [9.17, 15) is 14.4 Å². The van der Waals surface area contributed by atoms with Crippen molar-refractivity contribution in [1.29, 1.82) is 0 Å². The maximum Gasteiger partial charge on any atom is 0.255 e. The van der Waals surface area contributed by atoms with Gasteiger partial charge in [0.05, 0.1) is 36.0 Å². The molecule has 0 bridgehead atoms. The highest BCUT2D eigenvalue weighted by Gasteiger charge is 2.21. The van der Waals surface area contributed by atoms with E-state index in [1.54, 1.807) is 36.7 Å². The molecule has 1 aliphatic heterocycles. The molecule has 2 aromatic carbocycles. The molecular weight excluding hydrogens is 446 g/mol. The monoisotopic (exact) mass is 469 g/mol. The summed E-state index contributed by atoms with van der Waals surface area (Å²) in [4.78, 5) is 44.1. The van der Waals surface area contributed by atoms with E-state index in [4.69, 9.17) is 16.3 Å². The fourth-order valence-electron chi connectivity index (χ4n) is 3.66. The number of nitrogens with zero attached hydrogens (tertiary/aromatic N) is 3. The predicted molar refractivity (Wildman–Crippen MR) is 124 cm³/mol. The number of halogens is 1. The van der Waals surface area contributed by atoms with Crippen LogP contribution >= 0.6 is 11.6 Å². The van der Waals surface area contributed by atoms with Gasteiger partial charge in [0.25, 0.3) is 11.8 Å². The van der Waals surface area contributed by atoms with Gasteiger partial charge in [0.1, 0.15) is 12.4 Å². The lowest BCUT2D eigenvalue weighted by molar-refractivity contribution is -0.121. The highest BCUT2D eigenvalue weighted by molar-refractivity contribution is 6.31. The van der Waals surface area contributed by atoms with Crippen LogP contribution in [0.2, 0.25) is 5.02 Å². The van der Waals surface area contributed by atoms with Crippen LogP contribution < -0.4 is 15.4 Å². The first-order valence-corrected chi connectivity index (χ1v) is 11.0. The molecule has 1 aromatic heterocycles. The molecule has 3 amide bonds. The Labute approximate surface area is 195 Å². The molecule has 0 unspecified atom stereocenters. The Morgan fingerprint density at radius 3 is 2.82 bits per heavy atom. The molecule has 1 aliphatic rings. The van der Waals surface area contributed by atoms with Crippen molar-refractivity contribution < 1.29 is 19.1 Å². The lowest BCUT2D eigenvalue weighted by atomic mass is 10.1. The van der Waals surface area contributed by atoms with Crippen molar-refractivity contribution in [1.82, 2.24) is 25.1 Å². The van der Waals surface area contributed by atoms with Crippen molar-refractivity contribution in [2.24, 2.45) is 7.05 Å². The maximum atomic E-state index is 13.2. The summed E-state index contributed by atoms with van der Waals surface area (Å²) >= 11 is 6.04. The summed E-state index contributed by atoms with van der Waals surface area (Å²) in [6, 6.07) is 10.1. The van der Waals surface area contributed by atoms with Crippen molar-refractivity contribution in [3.8, 4) is 5.75 Å². The fourth-order valence-corrected chi connectivity index (χ4v) is 3.83. The van der Waals surface area contributed by atoms with Gasteiger partial charge < -0.3 is 24.8 Å². The van der Waals surface area contributed by atoms with Crippen molar-refractivity contribution in [2.45, 2.75) is 6.42 Å². The number of rotatable bonds is 1. The summed E-state index contributed by atoms with van der Waals surface area (Å²) in [7, 11) is 1.88. The minimum Gasteiger partial charge on any atom is -0.491 e. The van der Waals surface area contributed by atoms with Gasteiger partial charge in [-0.2, -0.15) is 0 Å². The zero-order valence-corrected chi connectivity index (χ0v) is 18.9. The second-order valence-corrected chi connectivity index (χ2v) is 8.17. The SMILES string of the molecule is Cn1cnc2cc(C(=O)N3CCCNC(=O)c4cc(Cl)ccc4OCCNC(=O)C3)ccc21. The van der Waals surface area contributed by atoms with Crippen LogP contribution in [0.15, 0.2) is 42.7 Å². The molecule has 9 nitrogen and oxygen atoms in total. The summed E-state index contributed by atoms with van der Waals surface area (Å²) < 4.78 is 7.54. The molecule has 172 valence electrons. The van der Waals surface area contributed by atoms with Gasteiger partial charge in [-0.05, 0) is 42.8 Å². The molecule has 0 saturated heterocycles. The average molecular weight is 470 g/mol. The maximum absolute atomic E-state index is 13.2. The second-order valence-electron chi connectivity index (χ2n) is 7.73. The van der Waals surface area contributed by atoms with E-state index in [0.717, 1.165) is 5.52 Å². The molecule has 10 heteroatoms. The van der Waals surface area contributed by atoms with Crippen LogP contribution in [0.25, 0.3) is 11.0 Å². The number of imidazole rings is 1. The number of aromatic nitrogens is 2. The van der Waals surface area contributed by atoms with Crippen molar-refractivity contribution >= 4 is 40.4 Å². The lowest BCUT2D eigenvalue weighted by Crippen LogP contribution is -2.43. The molecule has 0 fully saturated rings. The summed E-state index contributed by atoms with van der Waals surface area (Å²) in [6.07, 6.45) is 2.15. The zero-order valence-electron chi connectivity index (χ0n) is 18.1. The van der Waals surface area contributed by atoms with Crippen LogP contribution in [-0.2, 0) is 11.8 Å². The molecular formula is C23H24ClN5O4. The van der Waals surface area contributed by atoms with Crippen molar-refractivity contribution in [2.75, 3.05) is 32.8 Å². The molecule has 0 aliphatic carbocycles. The van der Waals surface area contributed by atoms with Gasteiger partial charge in [-0.3, -0.25) is 14.4 Å². The quantitative estimate of drug-likeness (QED) is 0.567. The highest BCUT2D eigenvalue weighted by atomic mass is 35.5. The first-order chi connectivity index (χ1) is 15.9. The van der Waals surface area contributed by atoms with E-state index >= 15 is 0 Å². The molecule has 2 heterocycles. The topological polar surface area (TPSA) is 106 Å². The van der Waals surface area contributed by atoms with Gasteiger partial charge in [-0.15, -0.1) is 0 Å². The van der Waals surface area contributed by atoms with E-state index in [2.05, 4.69) is 15.6 Å². The number of hydrogen-bond acceptors (Lipinski definition) is 5. The summed E-state index contributed by atoms with van der Waals surface area (Å²) in [5.41, 5.74) is 2.39. The van der Waals surface area contributed by atoms with E-state index in [-0.39, 0.29) is 37.4 Å². The molecule has 2 N–H and O–H groups in total. The molecule has 3 aromatic rings. The average Bonchev–Trinajstić information content (AvgIpc) is 3.18. The van der Waals surface area contributed by atoms with Crippen LogP contribution in [0.5, 0.6) is 5.75 Å². The minimum absolute atomic E-state index is 0.0980. The van der Waals surface area contributed by atoms with Gasteiger partial charge >= 0.3 is 0 Å². The number of amides is 3. The fraction of sp³-hybridized carbons (Fsp3) is 0.304. The van der Waals surface area contributed by atoms with Gasteiger partial charge in [0.15, 0.2) is 0 Å². The van der Waals surface area contributed by atoms with Crippen LogP contribution in [-0.4, -0.2) is 65.0 Å². The standard InChI is InChI=1S/C23H24ClN5O4/c1-28-14-27-18-11-15(3-5-19(18)28)23(32)29-9-2-7-26-22(31)17-12-16(24)4-6-20(17)33-10-8-25-21(30)13-29/h3-6,11-12,14H,2,7-10,13H2,1H3,(H,25,30)(H,26,31). The number of carbonyl (C=O) groups is 3. The van der Waals surface area contributed by atoms with Crippen LogP contribution in [0.4, 0.5) is 0 Å². The summed E-state index contributed by atoms with van der Waals surface area (Å²) in [5, 5.41) is 6.01. The third kappa shape index (κ3) is 5.25. The number of aryl methyl sites for hydroxylation is 1. The third-order valence-corrected chi connectivity index (χ3v) is 5.59. The van der Waals surface area contributed by atoms with Crippen molar-refractivity contribution in [3.63, 3.8) is 0 Å². The Kier molecular flexibility index (Phi) is 6.79. The second kappa shape index (κ2) is 9.91. The van der Waals surface area contributed by atoms with Crippen LogP contribution in [0.1, 0.15) is 27.1 Å². The number of carbonyl (C=O) groups excluding carboxylic acids is 3. The third-order valence-electron chi connectivity index (χ3n) is 5.35. The first kappa shape index (κ1) is 22.6. The van der Waals surface area contributed by atoms with E-state index in [1.807, 2.05) is 17.7 Å². The van der Waals surface area contributed by atoms with Gasteiger partial charge in [-0.25, -0.2) is 4.98 Å². The number of benzene rings is 2. The Hall–Kier alpha value is -3.59. The number of ether oxygens (including phenoxy) is 1. The normalized spacial score (nSPS) is 15.8. The Morgan fingerprint density at radius 1 is 1.12 bits per heavy atom. The van der Waals surface area contributed by atoms with E-state index in [0.29, 0.717) is 46.9 Å². The molecule has 4 rings (SSSR count). The number of nitrogens with one attached hydrogen (secondary N) is 2. The Balaban J connectivity index is 1.51. The summed E-state index contributed by atoms with van der Waals surface area (Å²) in [5.74, 6) is -0.482. The minimum atomic E-state index is -0.313. The van der Waals surface area contributed by atoms with Crippen molar-refractivity contribution in [3.05, 3.63) is 58.9 Å². The van der Waals surface area contributed by atoms with E-state index in [1.165, 1.54) is 4.90 Å².